The summed E-state index contributed by atoms with van der Waals surface area (Å²) in [6, 6.07) is 0. The highest BCUT2D eigenvalue weighted by Crippen LogP contribution is 2.28. The van der Waals surface area contributed by atoms with Crippen molar-refractivity contribution >= 4 is 26.0 Å². The zero-order valence-corrected chi connectivity index (χ0v) is 14.2. The van der Waals surface area contributed by atoms with Crippen LogP contribution >= 0.6 is 15.9 Å². The second kappa shape index (κ2) is 6.20. The highest BCUT2D eigenvalue weighted by Gasteiger charge is 2.29. The molecule has 0 amide bonds. The molecule has 0 N–H and O–H groups in total. The van der Waals surface area contributed by atoms with Gasteiger partial charge in [-0.3, -0.25) is 0 Å². The molecule has 0 aromatic carbocycles. The number of rotatable bonds is 4. The predicted molar refractivity (Wildman–Crippen MR) is 79.6 cm³/mol. The largest absolute Gasteiger partial charge is 0.300 e. The minimum absolute atomic E-state index is 0.275. The van der Waals surface area contributed by atoms with Crippen LogP contribution in [0.1, 0.15) is 20.8 Å². The summed E-state index contributed by atoms with van der Waals surface area (Å²) in [6.45, 7) is 10.7. The summed E-state index contributed by atoms with van der Waals surface area (Å²) in [7, 11) is -3.01. The number of nitrogens with zero attached hydrogens (tertiary/aromatic N) is 2. The first-order valence-corrected chi connectivity index (χ1v) is 9.35. The summed E-state index contributed by atoms with van der Waals surface area (Å²) in [4.78, 5) is 2.37. The number of piperazine rings is 1. The molecule has 1 aliphatic heterocycles. The quantitative estimate of drug-likeness (QED) is 0.730. The maximum Gasteiger partial charge on any atom is 0.211 e. The Morgan fingerprint density at radius 1 is 1.17 bits per heavy atom. The molecular formula is C12H25BrN2O2S. The van der Waals surface area contributed by atoms with E-state index in [2.05, 4.69) is 41.6 Å². The van der Waals surface area contributed by atoms with Gasteiger partial charge in [0.05, 0.1) is 6.26 Å². The van der Waals surface area contributed by atoms with Crippen LogP contribution in [-0.4, -0.2) is 61.9 Å². The Labute approximate surface area is 120 Å². The Bertz CT molecular complexity index is 357. The van der Waals surface area contributed by atoms with Gasteiger partial charge in [-0.2, -0.15) is 4.31 Å². The smallest absolute Gasteiger partial charge is 0.211 e. The van der Waals surface area contributed by atoms with E-state index in [9.17, 15) is 8.42 Å². The first kappa shape index (κ1) is 16.4. The van der Waals surface area contributed by atoms with Crippen LogP contribution in [-0.2, 0) is 10.0 Å². The van der Waals surface area contributed by atoms with E-state index >= 15 is 0 Å². The van der Waals surface area contributed by atoms with E-state index < -0.39 is 10.0 Å². The van der Waals surface area contributed by atoms with Gasteiger partial charge in [-0.15, -0.1) is 0 Å². The van der Waals surface area contributed by atoms with E-state index in [1.807, 2.05) is 0 Å². The van der Waals surface area contributed by atoms with Gasteiger partial charge < -0.3 is 4.90 Å². The van der Waals surface area contributed by atoms with Crippen molar-refractivity contribution in [1.82, 2.24) is 9.21 Å². The second-order valence-corrected chi connectivity index (χ2v) is 8.81. The molecule has 0 saturated carbocycles. The molecule has 0 aliphatic carbocycles. The molecule has 0 spiro atoms. The number of sulfonamides is 1. The second-order valence-electron chi connectivity index (χ2n) is 6.18. The molecule has 4 nitrogen and oxygen atoms in total. The van der Waals surface area contributed by atoms with Gasteiger partial charge >= 0.3 is 0 Å². The molecule has 0 bridgehead atoms. The molecule has 1 unspecified atom stereocenters. The van der Waals surface area contributed by atoms with Gasteiger partial charge in [0.25, 0.3) is 0 Å². The van der Waals surface area contributed by atoms with Crippen LogP contribution in [0.3, 0.4) is 0 Å². The van der Waals surface area contributed by atoms with Crippen molar-refractivity contribution in [3.05, 3.63) is 0 Å². The lowest BCUT2D eigenvalue weighted by atomic mass is 9.81. The molecule has 108 valence electrons. The summed E-state index contributed by atoms with van der Waals surface area (Å²) in [5.41, 5.74) is 0.275. The minimum atomic E-state index is -3.01. The van der Waals surface area contributed by atoms with Crippen molar-refractivity contribution in [2.24, 2.45) is 11.3 Å². The van der Waals surface area contributed by atoms with E-state index in [-0.39, 0.29) is 5.41 Å². The van der Waals surface area contributed by atoms with Crippen LogP contribution in [0.4, 0.5) is 0 Å². The Kier molecular flexibility index (Phi) is 5.65. The van der Waals surface area contributed by atoms with Gasteiger partial charge in [0.15, 0.2) is 0 Å². The third-order valence-electron chi connectivity index (χ3n) is 3.69. The molecule has 1 aliphatic rings. The van der Waals surface area contributed by atoms with Crippen molar-refractivity contribution in [2.45, 2.75) is 20.8 Å². The SMILES string of the molecule is CC(C)(C)C(CBr)CN1CCN(S(C)(=O)=O)CC1. The molecular weight excluding hydrogens is 316 g/mol. The van der Waals surface area contributed by atoms with Crippen molar-refractivity contribution in [3.8, 4) is 0 Å². The van der Waals surface area contributed by atoms with Gasteiger partial charge in [-0.1, -0.05) is 36.7 Å². The van der Waals surface area contributed by atoms with Crippen LogP contribution in [0.15, 0.2) is 0 Å². The van der Waals surface area contributed by atoms with Gasteiger partial charge in [0.1, 0.15) is 0 Å². The summed E-state index contributed by atoms with van der Waals surface area (Å²) in [6.07, 6.45) is 1.29. The number of halogens is 1. The normalized spacial score (nSPS) is 22.1. The van der Waals surface area contributed by atoms with Crippen LogP contribution in [0.25, 0.3) is 0 Å². The van der Waals surface area contributed by atoms with Crippen LogP contribution in [0.5, 0.6) is 0 Å². The molecule has 1 heterocycles. The van der Waals surface area contributed by atoms with E-state index in [1.165, 1.54) is 6.26 Å². The average molecular weight is 341 g/mol. The summed E-state index contributed by atoms with van der Waals surface area (Å²) >= 11 is 3.59. The molecule has 0 radical (unpaired) electrons. The molecule has 0 aromatic rings. The number of alkyl halides is 1. The van der Waals surface area contributed by atoms with Crippen LogP contribution in [0, 0.1) is 11.3 Å². The summed E-state index contributed by atoms with van der Waals surface area (Å²) in [5.74, 6) is 0.585. The van der Waals surface area contributed by atoms with Gasteiger partial charge in [-0.05, 0) is 11.3 Å². The van der Waals surface area contributed by atoms with Gasteiger partial charge in [0, 0.05) is 38.1 Å². The van der Waals surface area contributed by atoms with Crippen molar-refractivity contribution < 1.29 is 8.42 Å². The maximum absolute atomic E-state index is 11.4. The van der Waals surface area contributed by atoms with Gasteiger partial charge in [0.2, 0.25) is 10.0 Å². The lowest BCUT2D eigenvalue weighted by Crippen LogP contribution is -2.50. The van der Waals surface area contributed by atoms with Gasteiger partial charge in [-0.25, -0.2) is 8.42 Å². The highest BCUT2D eigenvalue weighted by atomic mass is 79.9. The number of hydrogen-bond acceptors (Lipinski definition) is 3. The number of hydrogen-bond donors (Lipinski definition) is 0. The van der Waals surface area contributed by atoms with Crippen LogP contribution in [0.2, 0.25) is 0 Å². The minimum Gasteiger partial charge on any atom is -0.300 e. The van der Waals surface area contributed by atoms with Crippen molar-refractivity contribution in [2.75, 3.05) is 44.3 Å². The summed E-state index contributed by atoms with van der Waals surface area (Å²) < 4.78 is 24.4. The maximum atomic E-state index is 11.4. The lowest BCUT2D eigenvalue weighted by molar-refractivity contribution is 0.129. The first-order valence-electron chi connectivity index (χ1n) is 6.38. The molecule has 1 fully saturated rings. The Balaban J connectivity index is 2.49. The Hall–Kier alpha value is 0.350. The predicted octanol–water partition coefficient (Wildman–Crippen LogP) is 1.62. The third-order valence-corrected chi connectivity index (χ3v) is 5.77. The van der Waals surface area contributed by atoms with E-state index in [0.717, 1.165) is 25.0 Å². The lowest BCUT2D eigenvalue weighted by Gasteiger charge is -2.38. The third kappa shape index (κ3) is 4.79. The zero-order valence-electron chi connectivity index (χ0n) is 11.8. The zero-order chi connectivity index (χ0) is 14.0. The highest BCUT2D eigenvalue weighted by molar-refractivity contribution is 9.09. The summed E-state index contributed by atoms with van der Waals surface area (Å²) in [5, 5.41) is 0.989. The fourth-order valence-corrected chi connectivity index (χ4v) is 4.11. The molecule has 1 atom stereocenters. The first-order chi connectivity index (χ1) is 8.14. The van der Waals surface area contributed by atoms with Crippen molar-refractivity contribution in [1.29, 1.82) is 0 Å². The standard InChI is InChI=1S/C12H25BrN2O2S/c1-12(2,3)11(9-13)10-14-5-7-15(8-6-14)18(4,16)17/h11H,5-10H2,1-4H3. The topological polar surface area (TPSA) is 40.6 Å². The fraction of sp³-hybridized carbons (Fsp3) is 1.00. The Morgan fingerprint density at radius 2 is 1.67 bits per heavy atom. The Morgan fingerprint density at radius 3 is 2.00 bits per heavy atom. The van der Waals surface area contributed by atoms with Crippen molar-refractivity contribution in [3.63, 3.8) is 0 Å². The monoisotopic (exact) mass is 340 g/mol. The molecule has 0 aromatic heterocycles. The van der Waals surface area contributed by atoms with E-state index in [1.54, 1.807) is 4.31 Å². The molecule has 1 saturated heterocycles. The van der Waals surface area contributed by atoms with Crippen LogP contribution < -0.4 is 0 Å². The van der Waals surface area contributed by atoms with E-state index in [0.29, 0.717) is 19.0 Å². The average Bonchev–Trinajstić information content (AvgIpc) is 2.23. The fourth-order valence-electron chi connectivity index (χ4n) is 2.11. The molecule has 18 heavy (non-hydrogen) atoms. The molecule has 1 rings (SSSR count). The molecule has 6 heteroatoms. The van der Waals surface area contributed by atoms with E-state index in [4.69, 9.17) is 0 Å².